The zero-order valence-corrected chi connectivity index (χ0v) is 11.2. The van der Waals surface area contributed by atoms with Crippen LogP contribution in [-0.4, -0.2) is 55.2 Å². The van der Waals surface area contributed by atoms with Gasteiger partial charge in [0.15, 0.2) is 0 Å². The minimum atomic E-state index is -3.05. The maximum atomic E-state index is 11.4. The number of rotatable bonds is 3. The summed E-state index contributed by atoms with van der Waals surface area (Å²) in [4.78, 5) is 2.22. The van der Waals surface area contributed by atoms with E-state index in [9.17, 15) is 13.5 Å². The maximum absolute atomic E-state index is 11.4. The van der Waals surface area contributed by atoms with E-state index in [2.05, 4.69) is 4.90 Å². The van der Waals surface area contributed by atoms with Gasteiger partial charge in [-0.25, -0.2) is 8.42 Å². The molecule has 100 valence electrons. The minimum absolute atomic E-state index is 0.264. The van der Waals surface area contributed by atoms with Crippen molar-refractivity contribution < 1.29 is 13.5 Å². The monoisotopic (exact) mass is 270 g/mol. The number of sulfonamides is 1. The van der Waals surface area contributed by atoms with Crippen molar-refractivity contribution in [1.82, 2.24) is 9.21 Å². The van der Waals surface area contributed by atoms with Gasteiger partial charge < -0.3 is 5.11 Å². The Kier molecular flexibility index (Phi) is 3.89. The van der Waals surface area contributed by atoms with Gasteiger partial charge in [-0.1, -0.05) is 12.1 Å². The summed E-state index contributed by atoms with van der Waals surface area (Å²) in [6.45, 7) is 3.38. The first-order chi connectivity index (χ1) is 8.45. The van der Waals surface area contributed by atoms with Crippen LogP contribution in [0.2, 0.25) is 0 Å². The van der Waals surface area contributed by atoms with Crippen molar-refractivity contribution in [3.8, 4) is 5.75 Å². The first-order valence-electron chi connectivity index (χ1n) is 5.90. The predicted octanol–water partition coefficient (Wildman–Crippen LogP) is 0.469. The van der Waals surface area contributed by atoms with Gasteiger partial charge in [-0.3, -0.25) is 4.90 Å². The number of hydrogen-bond donors (Lipinski definition) is 1. The van der Waals surface area contributed by atoms with Gasteiger partial charge in [0.2, 0.25) is 10.0 Å². The lowest BCUT2D eigenvalue weighted by atomic mass is 10.2. The fourth-order valence-electron chi connectivity index (χ4n) is 2.08. The molecule has 1 aliphatic heterocycles. The van der Waals surface area contributed by atoms with Crippen molar-refractivity contribution in [2.75, 3.05) is 32.4 Å². The lowest BCUT2D eigenvalue weighted by molar-refractivity contribution is 0.182. The number of benzene rings is 1. The zero-order chi connectivity index (χ0) is 13.2. The minimum Gasteiger partial charge on any atom is -0.508 e. The molecule has 1 N–H and O–H groups in total. The molecule has 18 heavy (non-hydrogen) atoms. The molecule has 1 fully saturated rings. The molecule has 5 nitrogen and oxygen atoms in total. The molecule has 1 aromatic carbocycles. The van der Waals surface area contributed by atoms with Gasteiger partial charge >= 0.3 is 0 Å². The molecule has 1 heterocycles. The Morgan fingerprint density at radius 1 is 1.11 bits per heavy atom. The Bertz CT molecular complexity index is 491. The summed E-state index contributed by atoms with van der Waals surface area (Å²) >= 11 is 0. The number of piperazine rings is 1. The van der Waals surface area contributed by atoms with E-state index in [4.69, 9.17) is 0 Å². The summed E-state index contributed by atoms with van der Waals surface area (Å²) in [5.41, 5.74) is 1.13. The SMILES string of the molecule is CS(=O)(=O)N1CCN(Cc2ccc(O)cc2)CC1. The topological polar surface area (TPSA) is 60.9 Å². The van der Waals surface area contributed by atoms with Gasteiger partial charge in [0, 0.05) is 32.7 Å². The van der Waals surface area contributed by atoms with Crippen LogP contribution in [0.15, 0.2) is 24.3 Å². The summed E-state index contributed by atoms with van der Waals surface area (Å²) < 4.78 is 24.3. The number of phenolic OH excluding ortho intramolecular Hbond substituents is 1. The third-order valence-corrected chi connectivity index (χ3v) is 4.45. The molecule has 6 heteroatoms. The Hall–Kier alpha value is -1.11. The molecule has 0 atom stereocenters. The number of hydrogen-bond acceptors (Lipinski definition) is 4. The highest BCUT2D eigenvalue weighted by Gasteiger charge is 2.23. The zero-order valence-electron chi connectivity index (χ0n) is 10.4. The van der Waals surface area contributed by atoms with Crippen LogP contribution in [0.3, 0.4) is 0 Å². The fraction of sp³-hybridized carbons (Fsp3) is 0.500. The molecule has 0 aromatic heterocycles. The second kappa shape index (κ2) is 5.26. The number of nitrogens with zero attached hydrogens (tertiary/aromatic N) is 2. The van der Waals surface area contributed by atoms with Crippen LogP contribution in [0.4, 0.5) is 0 Å². The molecule has 1 aromatic rings. The van der Waals surface area contributed by atoms with Crippen LogP contribution < -0.4 is 0 Å². The van der Waals surface area contributed by atoms with E-state index in [1.165, 1.54) is 10.6 Å². The average molecular weight is 270 g/mol. The number of phenols is 1. The Labute approximate surface area is 108 Å². The third kappa shape index (κ3) is 3.44. The Morgan fingerprint density at radius 2 is 1.67 bits per heavy atom. The molecule has 1 saturated heterocycles. The molecule has 0 saturated carbocycles. The summed E-state index contributed by atoms with van der Waals surface area (Å²) in [7, 11) is -3.05. The van der Waals surface area contributed by atoms with E-state index in [1.807, 2.05) is 12.1 Å². The Balaban J connectivity index is 1.89. The largest absolute Gasteiger partial charge is 0.508 e. The van der Waals surface area contributed by atoms with Crippen molar-refractivity contribution in [2.45, 2.75) is 6.54 Å². The van der Waals surface area contributed by atoms with E-state index >= 15 is 0 Å². The average Bonchev–Trinajstić information content (AvgIpc) is 2.32. The lowest BCUT2D eigenvalue weighted by Gasteiger charge is -2.33. The predicted molar refractivity (Wildman–Crippen MR) is 69.8 cm³/mol. The van der Waals surface area contributed by atoms with E-state index in [0.717, 1.165) is 25.2 Å². The second-order valence-electron chi connectivity index (χ2n) is 4.60. The van der Waals surface area contributed by atoms with Crippen LogP contribution >= 0.6 is 0 Å². The first-order valence-corrected chi connectivity index (χ1v) is 7.75. The maximum Gasteiger partial charge on any atom is 0.211 e. The van der Waals surface area contributed by atoms with Gasteiger partial charge in [0.1, 0.15) is 5.75 Å². The third-order valence-electron chi connectivity index (χ3n) is 3.14. The van der Waals surface area contributed by atoms with Crippen molar-refractivity contribution in [2.24, 2.45) is 0 Å². The lowest BCUT2D eigenvalue weighted by Crippen LogP contribution is -2.47. The van der Waals surface area contributed by atoms with E-state index < -0.39 is 10.0 Å². The van der Waals surface area contributed by atoms with Crippen molar-refractivity contribution in [1.29, 1.82) is 0 Å². The second-order valence-corrected chi connectivity index (χ2v) is 6.59. The highest BCUT2D eigenvalue weighted by atomic mass is 32.2. The smallest absolute Gasteiger partial charge is 0.211 e. The van der Waals surface area contributed by atoms with Gasteiger partial charge in [0.05, 0.1) is 6.26 Å². The van der Waals surface area contributed by atoms with Crippen molar-refractivity contribution in [3.63, 3.8) is 0 Å². The van der Waals surface area contributed by atoms with Crippen LogP contribution in [-0.2, 0) is 16.6 Å². The highest BCUT2D eigenvalue weighted by Crippen LogP contribution is 2.13. The van der Waals surface area contributed by atoms with E-state index in [-0.39, 0.29) is 5.75 Å². The molecular formula is C12H18N2O3S. The van der Waals surface area contributed by atoms with Crippen LogP contribution in [0, 0.1) is 0 Å². The molecule has 0 spiro atoms. The number of aromatic hydroxyl groups is 1. The molecule has 0 aliphatic carbocycles. The normalized spacial score (nSPS) is 18.9. The summed E-state index contributed by atoms with van der Waals surface area (Å²) in [6.07, 6.45) is 1.25. The quantitative estimate of drug-likeness (QED) is 0.867. The standard InChI is InChI=1S/C12H18N2O3S/c1-18(16,17)14-8-6-13(7-9-14)10-11-2-4-12(15)5-3-11/h2-5,15H,6-10H2,1H3. The molecular weight excluding hydrogens is 252 g/mol. The molecule has 0 amide bonds. The molecule has 0 bridgehead atoms. The summed E-state index contributed by atoms with van der Waals surface area (Å²) in [5.74, 6) is 0.264. The van der Waals surface area contributed by atoms with Crippen LogP contribution in [0.5, 0.6) is 5.75 Å². The summed E-state index contributed by atoms with van der Waals surface area (Å²) in [6, 6.07) is 7.11. The van der Waals surface area contributed by atoms with Crippen LogP contribution in [0.25, 0.3) is 0 Å². The van der Waals surface area contributed by atoms with E-state index in [1.54, 1.807) is 12.1 Å². The highest BCUT2D eigenvalue weighted by molar-refractivity contribution is 7.88. The van der Waals surface area contributed by atoms with Gasteiger partial charge in [0.25, 0.3) is 0 Å². The first kappa shape index (κ1) is 13.3. The van der Waals surface area contributed by atoms with Gasteiger partial charge in [-0.05, 0) is 17.7 Å². The molecule has 0 unspecified atom stereocenters. The molecule has 1 aliphatic rings. The Morgan fingerprint density at radius 3 is 2.17 bits per heavy atom. The van der Waals surface area contributed by atoms with Crippen molar-refractivity contribution >= 4 is 10.0 Å². The van der Waals surface area contributed by atoms with E-state index in [0.29, 0.717) is 13.1 Å². The molecule has 2 rings (SSSR count). The molecule has 0 radical (unpaired) electrons. The summed E-state index contributed by atoms with van der Waals surface area (Å²) in [5, 5.41) is 9.20. The van der Waals surface area contributed by atoms with Gasteiger partial charge in [-0.15, -0.1) is 0 Å². The van der Waals surface area contributed by atoms with Crippen molar-refractivity contribution in [3.05, 3.63) is 29.8 Å². The van der Waals surface area contributed by atoms with Gasteiger partial charge in [-0.2, -0.15) is 4.31 Å². The van der Waals surface area contributed by atoms with Crippen LogP contribution in [0.1, 0.15) is 5.56 Å². The fourth-order valence-corrected chi connectivity index (χ4v) is 2.91.